The number of carbonyl (C=O) groups excluding carboxylic acids is 3. The van der Waals surface area contributed by atoms with Gasteiger partial charge in [-0.3, -0.25) is 14.9 Å². The highest BCUT2D eigenvalue weighted by atomic mass is 35.5. The van der Waals surface area contributed by atoms with Gasteiger partial charge in [-0.25, -0.2) is 4.79 Å². The topological polar surface area (TPSA) is 97.0 Å². The number of piperidine rings is 1. The Kier molecular flexibility index (Phi) is 9.51. The van der Waals surface area contributed by atoms with E-state index in [9.17, 15) is 14.4 Å². The van der Waals surface area contributed by atoms with E-state index in [0.717, 1.165) is 17.5 Å². The molecule has 2 aromatic rings. The molecule has 1 saturated heterocycles. The molecule has 1 fully saturated rings. The molecule has 3 amide bonds. The SMILES string of the molecule is CCc1ccc(NC(=O)OCC2(C(=O)NCc3ccccc3Cl)CCN(C(=O)COC)CC2)cc1. The first-order valence-corrected chi connectivity index (χ1v) is 12.1. The summed E-state index contributed by atoms with van der Waals surface area (Å²) in [7, 11) is 1.47. The van der Waals surface area contributed by atoms with Gasteiger partial charge in [0.25, 0.3) is 0 Å². The summed E-state index contributed by atoms with van der Waals surface area (Å²) in [5.41, 5.74) is 1.60. The van der Waals surface area contributed by atoms with Crippen molar-refractivity contribution in [2.45, 2.75) is 32.7 Å². The van der Waals surface area contributed by atoms with E-state index in [2.05, 4.69) is 17.6 Å². The van der Waals surface area contributed by atoms with Gasteiger partial charge in [-0.1, -0.05) is 48.9 Å². The van der Waals surface area contributed by atoms with Crippen molar-refractivity contribution < 1.29 is 23.9 Å². The van der Waals surface area contributed by atoms with Crippen LogP contribution < -0.4 is 10.6 Å². The van der Waals surface area contributed by atoms with Crippen LogP contribution in [0.25, 0.3) is 0 Å². The largest absolute Gasteiger partial charge is 0.448 e. The molecule has 0 aromatic heterocycles. The molecule has 1 aliphatic heterocycles. The van der Waals surface area contributed by atoms with Gasteiger partial charge in [0, 0.05) is 37.5 Å². The third kappa shape index (κ3) is 7.19. The highest BCUT2D eigenvalue weighted by molar-refractivity contribution is 6.31. The number of ether oxygens (including phenoxy) is 2. The van der Waals surface area contributed by atoms with Gasteiger partial charge in [0.15, 0.2) is 0 Å². The van der Waals surface area contributed by atoms with Gasteiger partial charge in [-0.2, -0.15) is 0 Å². The predicted molar refractivity (Wildman–Crippen MR) is 134 cm³/mol. The summed E-state index contributed by atoms with van der Waals surface area (Å²) in [5, 5.41) is 6.21. The van der Waals surface area contributed by atoms with Crippen LogP contribution in [0, 0.1) is 5.41 Å². The average molecular weight is 502 g/mol. The molecule has 0 bridgehead atoms. The van der Waals surface area contributed by atoms with Gasteiger partial charge >= 0.3 is 6.09 Å². The molecule has 0 radical (unpaired) electrons. The Labute approximate surface area is 210 Å². The lowest BCUT2D eigenvalue weighted by molar-refractivity contribution is -0.145. The van der Waals surface area contributed by atoms with E-state index in [1.54, 1.807) is 11.0 Å². The Bertz CT molecular complexity index is 1020. The quantitative estimate of drug-likeness (QED) is 0.541. The van der Waals surface area contributed by atoms with Gasteiger partial charge < -0.3 is 19.7 Å². The third-order valence-corrected chi connectivity index (χ3v) is 6.68. The van der Waals surface area contributed by atoms with Gasteiger partial charge in [-0.15, -0.1) is 0 Å². The number of amides is 3. The summed E-state index contributed by atoms with van der Waals surface area (Å²) in [6.45, 7) is 2.92. The molecule has 1 aliphatic rings. The van der Waals surface area contributed by atoms with Crippen LogP contribution >= 0.6 is 11.6 Å². The van der Waals surface area contributed by atoms with Crippen LogP contribution in [0.1, 0.15) is 30.9 Å². The van der Waals surface area contributed by atoms with Crippen LogP contribution in [-0.2, 0) is 32.0 Å². The van der Waals surface area contributed by atoms with Crippen molar-refractivity contribution >= 4 is 35.2 Å². The number of nitrogens with zero attached hydrogens (tertiary/aromatic N) is 1. The van der Waals surface area contributed by atoms with Crippen molar-refractivity contribution in [2.24, 2.45) is 5.41 Å². The van der Waals surface area contributed by atoms with Gasteiger partial charge in [0.05, 0.1) is 5.41 Å². The Morgan fingerprint density at radius 1 is 1.06 bits per heavy atom. The number of hydrogen-bond donors (Lipinski definition) is 2. The third-order valence-electron chi connectivity index (χ3n) is 6.31. The van der Waals surface area contributed by atoms with Crippen molar-refractivity contribution in [3.8, 4) is 0 Å². The zero-order chi connectivity index (χ0) is 25.3. The summed E-state index contributed by atoms with van der Waals surface area (Å²) in [6, 6.07) is 14.8. The molecular weight excluding hydrogens is 470 g/mol. The van der Waals surface area contributed by atoms with Crippen LogP contribution in [0.4, 0.5) is 10.5 Å². The highest BCUT2D eigenvalue weighted by Crippen LogP contribution is 2.33. The summed E-state index contributed by atoms with van der Waals surface area (Å²) in [5.74, 6) is -0.372. The van der Waals surface area contributed by atoms with Crippen LogP contribution in [0.3, 0.4) is 0 Å². The summed E-state index contributed by atoms with van der Waals surface area (Å²) in [4.78, 5) is 39.7. The Morgan fingerprint density at radius 2 is 1.74 bits per heavy atom. The fourth-order valence-electron chi connectivity index (χ4n) is 4.02. The van der Waals surface area contributed by atoms with Gasteiger partial charge in [0.1, 0.15) is 13.2 Å². The number of methoxy groups -OCH3 is 1. The normalized spacial score (nSPS) is 14.8. The number of likely N-dealkylation sites (tertiary alicyclic amines) is 1. The Balaban J connectivity index is 1.66. The first kappa shape index (κ1) is 26.5. The number of aryl methyl sites for hydroxylation is 1. The van der Waals surface area contributed by atoms with E-state index in [1.807, 2.05) is 42.5 Å². The number of carbonyl (C=O) groups is 3. The number of halogens is 1. The maximum absolute atomic E-state index is 13.4. The highest BCUT2D eigenvalue weighted by Gasteiger charge is 2.43. The molecule has 188 valence electrons. The fourth-order valence-corrected chi connectivity index (χ4v) is 4.22. The van der Waals surface area contributed by atoms with E-state index >= 15 is 0 Å². The molecule has 2 aromatic carbocycles. The molecule has 0 aliphatic carbocycles. The first-order chi connectivity index (χ1) is 16.9. The van der Waals surface area contributed by atoms with E-state index in [0.29, 0.717) is 36.6 Å². The summed E-state index contributed by atoms with van der Waals surface area (Å²) in [6.07, 6.45) is 0.982. The van der Waals surface area contributed by atoms with Gasteiger partial charge in [-0.05, 0) is 48.6 Å². The molecule has 0 atom stereocenters. The standard InChI is InChI=1S/C26H32ClN3O5/c1-3-19-8-10-21(11-9-19)29-25(33)35-18-26(12-14-30(15-13-26)23(31)17-34-2)24(32)28-16-20-6-4-5-7-22(20)27/h4-11H,3,12-18H2,1-2H3,(H,28,32)(H,29,33). The maximum Gasteiger partial charge on any atom is 0.411 e. The first-order valence-electron chi connectivity index (χ1n) is 11.7. The van der Waals surface area contributed by atoms with E-state index in [4.69, 9.17) is 21.1 Å². The second-order valence-electron chi connectivity index (χ2n) is 8.62. The number of benzene rings is 2. The molecule has 9 heteroatoms. The molecule has 0 spiro atoms. The van der Waals surface area contributed by atoms with E-state index < -0.39 is 11.5 Å². The monoisotopic (exact) mass is 501 g/mol. The van der Waals surface area contributed by atoms with Crippen molar-refractivity contribution in [3.05, 3.63) is 64.7 Å². The lowest BCUT2D eigenvalue weighted by Crippen LogP contribution is -2.53. The number of nitrogens with one attached hydrogen (secondary N) is 2. The minimum atomic E-state index is -0.964. The van der Waals surface area contributed by atoms with E-state index in [1.165, 1.54) is 7.11 Å². The minimum absolute atomic E-state index is 0.0125. The number of hydrogen-bond acceptors (Lipinski definition) is 5. The maximum atomic E-state index is 13.4. The molecule has 35 heavy (non-hydrogen) atoms. The number of rotatable bonds is 9. The van der Waals surface area contributed by atoms with Crippen LogP contribution in [-0.4, -0.2) is 56.2 Å². The average Bonchev–Trinajstić information content (AvgIpc) is 2.87. The zero-order valence-electron chi connectivity index (χ0n) is 20.1. The van der Waals surface area contributed by atoms with E-state index in [-0.39, 0.29) is 31.6 Å². The second-order valence-corrected chi connectivity index (χ2v) is 9.03. The molecule has 3 rings (SSSR count). The fraction of sp³-hybridized carbons (Fsp3) is 0.423. The zero-order valence-corrected chi connectivity index (χ0v) is 20.9. The van der Waals surface area contributed by atoms with Crippen molar-refractivity contribution in [2.75, 3.05) is 38.7 Å². The Hall–Kier alpha value is -3.10. The van der Waals surface area contributed by atoms with Crippen LogP contribution in [0.2, 0.25) is 5.02 Å². The van der Waals surface area contributed by atoms with Crippen LogP contribution in [0.15, 0.2) is 48.5 Å². The number of anilines is 1. The molecule has 0 unspecified atom stereocenters. The minimum Gasteiger partial charge on any atom is -0.448 e. The van der Waals surface area contributed by atoms with Crippen molar-refractivity contribution in [3.63, 3.8) is 0 Å². The van der Waals surface area contributed by atoms with Gasteiger partial charge in [0.2, 0.25) is 11.8 Å². The predicted octanol–water partition coefficient (Wildman–Crippen LogP) is 4.02. The lowest BCUT2D eigenvalue weighted by atomic mass is 9.78. The smallest absolute Gasteiger partial charge is 0.411 e. The molecule has 1 heterocycles. The molecule has 0 saturated carbocycles. The summed E-state index contributed by atoms with van der Waals surface area (Å²) >= 11 is 6.23. The van der Waals surface area contributed by atoms with Crippen LogP contribution in [0.5, 0.6) is 0 Å². The lowest BCUT2D eigenvalue weighted by Gasteiger charge is -2.40. The van der Waals surface area contributed by atoms with Crippen molar-refractivity contribution in [1.82, 2.24) is 10.2 Å². The molecule has 8 nitrogen and oxygen atoms in total. The Morgan fingerprint density at radius 3 is 2.37 bits per heavy atom. The molecule has 2 N–H and O–H groups in total. The molecular formula is C26H32ClN3O5. The summed E-state index contributed by atoms with van der Waals surface area (Å²) < 4.78 is 10.5. The van der Waals surface area contributed by atoms with Crippen molar-refractivity contribution in [1.29, 1.82) is 0 Å². The second kappa shape index (κ2) is 12.6.